The van der Waals surface area contributed by atoms with Gasteiger partial charge < -0.3 is 11.1 Å². The number of nitrogens with zero attached hydrogens (tertiary/aromatic N) is 1. The quantitative estimate of drug-likeness (QED) is 0.616. The van der Waals surface area contributed by atoms with E-state index in [4.69, 9.17) is 5.73 Å². The molecule has 0 atom stereocenters. The first-order valence-corrected chi connectivity index (χ1v) is 9.87. The average molecular weight is 362 g/mol. The highest BCUT2D eigenvalue weighted by Crippen LogP contribution is 2.30. The topological polar surface area (TPSA) is 50.9 Å². The number of hydrogen-bond donors (Lipinski definition) is 2. The molecule has 1 heterocycles. The second-order valence-corrected chi connectivity index (χ2v) is 7.84. The first kappa shape index (κ1) is 19.4. The van der Waals surface area contributed by atoms with E-state index >= 15 is 0 Å². The summed E-state index contributed by atoms with van der Waals surface area (Å²) in [5.74, 6) is 1.35. The fourth-order valence-electron chi connectivity index (χ4n) is 3.84. The summed E-state index contributed by atoms with van der Waals surface area (Å²) in [5, 5.41) is 5.77. The number of aromatic nitrogens is 1. The summed E-state index contributed by atoms with van der Waals surface area (Å²) in [6.07, 6.45) is 9.38. The Hall–Kier alpha value is -2.39. The molecule has 0 saturated heterocycles. The largest absolute Gasteiger partial charge is 0.344 e. The molecule has 0 spiro atoms. The molecule has 3 N–H and O–H groups in total. The van der Waals surface area contributed by atoms with Crippen LogP contribution in [-0.2, 0) is 0 Å². The zero-order valence-corrected chi connectivity index (χ0v) is 16.6. The molecular weight excluding hydrogens is 330 g/mol. The summed E-state index contributed by atoms with van der Waals surface area (Å²) >= 11 is 0. The van der Waals surface area contributed by atoms with Gasteiger partial charge in [-0.15, -0.1) is 0 Å². The lowest BCUT2D eigenvalue weighted by Crippen LogP contribution is -2.28. The number of nitrogens with one attached hydrogen (secondary N) is 1. The summed E-state index contributed by atoms with van der Waals surface area (Å²) in [4.78, 5) is 4.57. The van der Waals surface area contributed by atoms with Gasteiger partial charge in [0.2, 0.25) is 0 Å². The molecule has 3 rings (SSSR count). The number of anilines is 1. The van der Waals surface area contributed by atoms with Gasteiger partial charge in [-0.05, 0) is 80.5 Å². The van der Waals surface area contributed by atoms with Gasteiger partial charge in [0.1, 0.15) is 5.82 Å². The minimum absolute atomic E-state index is 0.353. The average Bonchev–Trinajstić information content (AvgIpc) is 2.66. The molecule has 1 fully saturated rings. The standard InChI is InChI=1S/C24H31N3/c1-5-18(12-16(2)3)20-6-7-21-15-26-24(14-22(21)13-20)27-17(4)19-8-10-23(25)11-9-19/h5-7,13-15,19,23H,2,4,8-12,25H2,1,3H3,(H,26,27)/b18-5+. The third kappa shape index (κ3) is 4.86. The van der Waals surface area contributed by atoms with Gasteiger partial charge in [-0.2, -0.15) is 0 Å². The van der Waals surface area contributed by atoms with Crippen molar-refractivity contribution in [3.05, 3.63) is 66.5 Å². The Morgan fingerprint density at radius 1 is 1.19 bits per heavy atom. The van der Waals surface area contributed by atoms with E-state index in [2.05, 4.69) is 67.6 Å². The van der Waals surface area contributed by atoms with Gasteiger partial charge >= 0.3 is 0 Å². The predicted molar refractivity (Wildman–Crippen MR) is 118 cm³/mol. The maximum Gasteiger partial charge on any atom is 0.130 e. The molecule has 1 aliphatic rings. The van der Waals surface area contributed by atoms with E-state index in [1.54, 1.807) is 0 Å². The van der Waals surface area contributed by atoms with Crippen molar-refractivity contribution < 1.29 is 0 Å². The van der Waals surface area contributed by atoms with Crippen LogP contribution in [0.4, 0.5) is 5.82 Å². The fraction of sp³-hybridized carbons (Fsp3) is 0.375. The number of benzene rings is 1. The van der Waals surface area contributed by atoms with Crippen molar-refractivity contribution in [3.63, 3.8) is 0 Å². The van der Waals surface area contributed by atoms with Gasteiger partial charge in [-0.25, -0.2) is 4.98 Å². The Morgan fingerprint density at radius 3 is 2.59 bits per heavy atom. The minimum atomic E-state index is 0.353. The van der Waals surface area contributed by atoms with Crippen LogP contribution in [0.15, 0.2) is 61.0 Å². The molecule has 27 heavy (non-hydrogen) atoms. The van der Waals surface area contributed by atoms with E-state index in [9.17, 15) is 0 Å². The van der Waals surface area contributed by atoms with Crippen LogP contribution in [0.5, 0.6) is 0 Å². The molecule has 2 aromatic rings. The zero-order valence-electron chi connectivity index (χ0n) is 16.6. The number of allylic oxidation sites excluding steroid dienone is 4. The number of fused-ring (bicyclic) bond motifs is 1. The number of pyridine rings is 1. The van der Waals surface area contributed by atoms with Gasteiger partial charge in [0, 0.05) is 23.3 Å². The van der Waals surface area contributed by atoms with Crippen molar-refractivity contribution in [2.24, 2.45) is 11.7 Å². The summed E-state index contributed by atoms with van der Waals surface area (Å²) in [6.45, 7) is 12.5. The van der Waals surface area contributed by atoms with Crippen LogP contribution in [-0.4, -0.2) is 11.0 Å². The normalized spacial score (nSPS) is 20.5. The Labute approximate surface area is 163 Å². The highest BCUT2D eigenvalue weighted by molar-refractivity contribution is 5.87. The lowest BCUT2D eigenvalue weighted by Gasteiger charge is -2.28. The molecular formula is C24H31N3. The summed E-state index contributed by atoms with van der Waals surface area (Å²) in [6, 6.07) is 9.02. The van der Waals surface area contributed by atoms with Crippen LogP contribution in [0.1, 0.15) is 51.5 Å². The van der Waals surface area contributed by atoms with Crippen molar-refractivity contribution in [1.29, 1.82) is 0 Å². The van der Waals surface area contributed by atoms with Gasteiger partial charge in [-0.3, -0.25) is 0 Å². The van der Waals surface area contributed by atoms with Crippen molar-refractivity contribution in [1.82, 2.24) is 4.98 Å². The SMILES string of the molecule is C=C(C)C/C(=C\C)c1ccc2cnc(NC(=C)C3CCC(N)CC3)cc2c1. The summed E-state index contributed by atoms with van der Waals surface area (Å²) in [5.41, 5.74) is 10.8. The van der Waals surface area contributed by atoms with Gasteiger partial charge in [0.05, 0.1) is 0 Å². The maximum atomic E-state index is 6.02. The van der Waals surface area contributed by atoms with Crippen molar-refractivity contribution in [2.45, 2.75) is 52.0 Å². The molecule has 1 aliphatic carbocycles. The smallest absolute Gasteiger partial charge is 0.130 e. The molecule has 0 aliphatic heterocycles. The minimum Gasteiger partial charge on any atom is -0.344 e. The predicted octanol–water partition coefficient (Wildman–Crippen LogP) is 6.05. The first-order valence-electron chi connectivity index (χ1n) is 9.87. The molecule has 0 unspecified atom stereocenters. The van der Waals surface area contributed by atoms with Crippen molar-refractivity contribution in [3.8, 4) is 0 Å². The van der Waals surface area contributed by atoms with E-state index < -0.39 is 0 Å². The molecule has 0 amide bonds. The highest BCUT2D eigenvalue weighted by atomic mass is 15.0. The monoisotopic (exact) mass is 361 g/mol. The molecule has 3 nitrogen and oxygen atoms in total. The number of hydrogen-bond acceptors (Lipinski definition) is 3. The lowest BCUT2D eigenvalue weighted by molar-refractivity contribution is 0.364. The van der Waals surface area contributed by atoms with Gasteiger partial charge in [0.25, 0.3) is 0 Å². The molecule has 1 saturated carbocycles. The van der Waals surface area contributed by atoms with E-state index in [-0.39, 0.29) is 0 Å². The van der Waals surface area contributed by atoms with E-state index in [0.29, 0.717) is 12.0 Å². The Kier molecular flexibility index (Phi) is 6.12. The summed E-state index contributed by atoms with van der Waals surface area (Å²) < 4.78 is 0. The van der Waals surface area contributed by atoms with Gasteiger partial charge in [0.15, 0.2) is 0 Å². The molecule has 1 aromatic heterocycles. The highest BCUT2D eigenvalue weighted by Gasteiger charge is 2.21. The molecule has 3 heteroatoms. The molecule has 0 radical (unpaired) electrons. The van der Waals surface area contributed by atoms with Crippen LogP contribution in [0.25, 0.3) is 16.3 Å². The van der Waals surface area contributed by atoms with Crippen molar-refractivity contribution in [2.75, 3.05) is 5.32 Å². The van der Waals surface area contributed by atoms with Crippen molar-refractivity contribution >= 4 is 22.2 Å². The third-order valence-electron chi connectivity index (χ3n) is 5.49. The zero-order chi connectivity index (χ0) is 19.4. The first-order chi connectivity index (χ1) is 13.0. The lowest BCUT2D eigenvalue weighted by atomic mass is 9.85. The van der Waals surface area contributed by atoms with Gasteiger partial charge in [-0.1, -0.05) is 36.9 Å². The number of nitrogens with two attached hydrogens (primary N) is 1. The third-order valence-corrected chi connectivity index (χ3v) is 5.49. The molecule has 142 valence electrons. The second-order valence-electron chi connectivity index (χ2n) is 7.84. The molecule has 1 aromatic carbocycles. The van der Waals surface area contributed by atoms with Crippen LogP contribution >= 0.6 is 0 Å². The number of rotatable bonds is 6. The van der Waals surface area contributed by atoms with E-state index in [1.807, 2.05) is 6.20 Å². The Balaban J connectivity index is 1.79. The molecule has 0 bridgehead atoms. The summed E-state index contributed by atoms with van der Waals surface area (Å²) in [7, 11) is 0. The second kappa shape index (κ2) is 8.53. The van der Waals surface area contributed by atoms with Crippen LogP contribution in [0.3, 0.4) is 0 Å². The Morgan fingerprint density at radius 2 is 1.93 bits per heavy atom. The van der Waals surface area contributed by atoms with Crippen LogP contribution < -0.4 is 11.1 Å². The van der Waals surface area contributed by atoms with Crippen LogP contribution in [0, 0.1) is 5.92 Å². The maximum absolute atomic E-state index is 6.02. The van der Waals surface area contributed by atoms with E-state index in [1.165, 1.54) is 22.1 Å². The van der Waals surface area contributed by atoms with Crippen LogP contribution in [0.2, 0.25) is 0 Å². The van der Waals surface area contributed by atoms with E-state index in [0.717, 1.165) is 49.0 Å². The Bertz CT molecular complexity index is 870. The fourth-order valence-corrected chi connectivity index (χ4v) is 3.84.